The number of aliphatic hydroxyl groups is 1. The fourth-order valence-electron chi connectivity index (χ4n) is 1.46. The van der Waals surface area contributed by atoms with Gasteiger partial charge in [-0.3, -0.25) is 4.79 Å². The molecule has 0 saturated carbocycles. The molecule has 1 rings (SSSR count). The number of aldehydes is 1. The number of carbonyl (C=O) groups excluding carboxylic acids is 1. The summed E-state index contributed by atoms with van der Waals surface area (Å²) >= 11 is 0. The van der Waals surface area contributed by atoms with Crippen LogP contribution in [0, 0.1) is 0 Å². The van der Waals surface area contributed by atoms with Gasteiger partial charge in [0.2, 0.25) is 0 Å². The van der Waals surface area contributed by atoms with E-state index in [1.165, 1.54) is 0 Å². The van der Waals surface area contributed by atoms with E-state index in [0.717, 1.165) is 12.7 Å². The number of benzene rings is 1. The van der Waals surface area contributed by atoms with E-state index in [4.69, 9.17) is 9.47 Å². The summed E-state index contributed by atoms with van der Waals surface area (Å²) in [4.78, 5) is 10.9. The Hall–Kier alpha value is -1.55. The Labute approximate surface area is 114 Å². The van der Waals surface area contributed by atoms with Crippen molar-refractivity contribution in [2.24, 2.45) is 0 Å². The smallest absolute Gasteiger partial charge is 0.153 e. The van der Waals surface area contributed by atoms with Crippen molar-refractivity contribution in [3.05, 3.63) is 23.8 Å². The Bertz CT molecular complexity index is 407. The molecule has 4 heteroatoms. The van der Waals surface area contributed by atoms with Gasteiger partial charge in [-0.25, -0.2) is 0 Å². The molecule has 0 saturated heterocycles. The van der Waals surface area contributed by atoms with Crippen LogP contribution >= 0.6 is 0 Å². The van der Waals surface area contributed by atoms with Gasteiger partial charge in [0.15, 0.2) is 6.29 Å². The fourth-order valence-corrected chi connectivity index (χ4v) is 1.46. The summed E-state index contributed by atoms with van der Waals surface area (Å²) in [6.45, 7) is 6.45. The van der Waals surface area contributed by atoms with Crippen LogP contribution in [0.5, 0.6) is 11.5 Å². The molecule has 1 aromatic carbocycles. The van der Waals surface area contributed by atoms with Crippen molar-refractivity contribution >= 4 is 6.29 Å². The van der Waals surface area contributed by atoms with Crippen molar-refractivity contribution in [2.45, 2.75) is 39.2 Å². The summed E-state index contributed by atoms with van der Waals surface area (Å²) in [5, 5.41) is 9.62. The topological polar surface area (TPSA) is 55.8 Å². The molecule has 0 aliphatic rings. The third kappa shape index (κ3) is 5.75. The zero-order valence-electron chi connectivity index (χ0n) is 11.8. The first-order valence-corrected chi connectivity index (χ1v) is 6.53. The molecule has 0 spiro atoms. The molecule has 0 bridgehead atoms. The highest BCUT2D eigenvalue weighted by Gasteiger charge is 2.13. The van der Waals surface area contributed by atoms with Crippen LogP contribution < -0.4 is 9.47 Å². The molecule has 19 heavy (non-hydrogen) atoms. The average Bonchev–Trinajstić information content (AvgIpc) is 2.35. The average molecular weight is 266 g/mol. The Morgan fingerprint density at radius 2 is 2.00 bits per heavy atom. The van der Waals surface area contributed by atoms with Crippen LogP contribution in [0.4, 0.5) is 0 Å². The Morgan fingerprint density at radius 3 is 2.58 bits per heavy atom. The molecule has 0 amide bonds. The van der Waals surface area contributed by atoms with E-state index in [9.17, 15) is 9.90 Å². The van der Waals surface area contributed by atoms with Crippen molar-refractivity contribution in [3.8, 4) is 11.5 Å². The molecule has 0 aliphatic heterocycles. The Morgan fingerprint density at radius 1 is 1.26 bits per heavy atom. The van der Waals surface area contributed by atoms with Gasteiger partial charge in [0, 0.05) is 12.5 Å². The number of rotatable bonds is 8. The van der Waals surface area contributed by atoms with Crippen molar-refractivity contribution < 1.29 is 19.4 Å². The molecule has 0 fully saturated rings. The molecule has 106 valence electrons. The summed E-state index contributed by atoms with van der Waals surface area (Å²) in [6, 6.07) is 5.14. The normalized spacial score (nSPS) is 11.2. The Kier molecular flexibility index (Phi) is 5.83. The molecule has 0 atom stereocenters. The molecule has 0 unspecified atom stereocenters. The van der Waals surface area contributed by atoms with E-state index in [1.807, 2.05) is 6.92 Å². The number of hydrogen-bond acceptors (Lipinski definition) is 4. The quantitative estimate of drug-likeness (QED) is 0.735. The van der Waals surface area contributed by atoms with Crippen molar-refractivity contribution in [1.82, 2.24) is 0 Å². The number of carbonyl (C=O) groups is 1. The highest BCUT2D eigenvalue weighted by Crippen LogP contribution is 2.24. The first kappa shape index (κ1) is 15.5. The summed E-state index contributed by atoms with van der Waals surface area (Å²) in [6.07, 6.45) is 2.17. The zero-order chi connectivity index (χ0) is 14.3. The minimum atomic E-state index is -0.780. The molecule has 0 radical (unpaired) electrons. The maximum absolute atomic E-state index is 10.9. The number of ether oxygens (including phenoxy) is 2. The second kappa shape index (κ2) is 7.14. The highest BCUT2D eigenvalue weighted by atomic mass is 16.5. The highest BCUT2D eigenvalue weighted by molar-refractivity contribution is 5.79. The van der Waals surface area contributed by atoms with Gasteiger partial charge in [-0.05, 0) is 32.4 Å². The fraction of sp³-hybridized carbons (Fsp3) is 0.533. The van der Waals surface area contributed by atoms with Crippen LogP contribution in [0.3, 0.4) is 0 Å². The van der Waals surface area contributed by atoms with Crippen LogP contribution in [0.2, 0.25) is 0 Å². The maximum atomic E-state index is 10.9. The van der Waals surface area contributed by atoms with Crippen molar-refractivity contribution in [2.75, 3.05) is 13.2 Å². The van der Waals surface area contributed by atoms with Gasteiger partial charge in [0.05, 0.1) is 24.4 Å². The van der Waals surface area contributed by atoms with Crippen molar-refractivity contribution in [3.63, 3.8) is 0 Å². The second-order valence-corrected chi connectivity index (χ2v) is 5.08. The lowest BCUT2D eigenvalue weighted by Gasteiger charge is -2.18. The lowest BCUT2D eigenvalue weighted by Crippen LogP contribution is -2.22. The van der Waals surface area contributed by atoms with Gasteiger partial charge < -0.3 is 14.6 Å². The molecule has 0 aromatic heterocycles. The zero-order valence-corrected chi connectivity index (χ0v) is 11.8. The van der Waals surface area contributed by atoms with Gasteiger partial charge in [0.1, 0.15) is 11.5 Å². The van der Waals surface area contributed by atoms with E-state index in [-0.39, 0.29) is 0 Å². The van der Waals surface area contributed by atoms with Gasteiger partial charge in [-0.2, -0.15) is 0 Å². The largest absolute Gasteiger partial charge is 0.493 e. The Balaban J connectivity index is 2.70. The second-order valence-electron chi connectivity index (χ2n) is 5.08. The summed E-state index contributed by atoms with van der Waals surface area (Å²) in [5.41, 5.74) is -0.294. The SMILES string of the molecule is CCCOc1ccc(C=O)c(OCCC(C)(C)O)c1. The summed E-state index contributed by atoms with van der Waals surface area (Å²) < 4.78 is 11.1. The molecular weight excluding hydrogens is 244 g/mol. The molecule has 1 N–H and O–H groups in total. The lowest BCUT2D eigenvalue weighted by molar-refractivity contribution is 0.0552. The van der Waals surface area contributed by atoms with Gasteiger partial charge in [0.25, 0.3) is 0 Å². The number of hydrogen-bond donors (Lipinski definition) is 1. The molecule has 1 aromatic rings. The third-order valence-electron chi connectivity index (χ3n) is 2.56. The lowest BCUT2D eigenvalue weighted by atomic mass is 10.1. The van der Waals surface area contributed by atoms with E-state index >= 15 is 0 Å². The summed E-state index contributed by atoms with van der Waals surface area (Å²) in [7, 11) is 0. The maximum Gasteiger partial charge on any atom is 0.153 e. The van der Waals surface area contributed by atoms with Gasteiger partial charge in [-0.1, -0.05) is 6.92 Å². The first-order chi connectivity index (χ1) is 8.96. The van der Waals surface area contributed by atoms with Crippen LogP contribution in [-0.4, -0.2) is 30.2 Å². The predicted octanol–water partition coefficient (Wildman–Crippen LogP) is 2.83. The minimum Gasteiger partial charge on any atom is -0.493 e. The van der Waals surface area contributed by atoms with E-state index in [1.54, 1.807) is 32.0 Å². The van der Waals surface area contributed by atoms with Crippen LogP contribution in [0.25, 0.3) is 0 Å². The predicted molar refractivity (Wildman–Crippen MR) is 74.0 cm³/mol. The standard InChI is InChI=1S/C15H22O4/c1-4-8-18-13-6-5-12(11-16)14(10-13)19-9-7-15(2,3)17/h5-6,10-11,17H,4,7-9H2,1-3H3. The monoisotopic (exact) mass is 266 g/mol. The van der Waals surface area contributed by atoms with Crippen LogP contribution in [-0.2, 0) is 0 Å². The van der Waals surface area contributed by atoms with Gasteiger partial charge in [-0.15, -0.1) is 0 Å². The first-order valence-electron chi connectivity index (χ1n) is 6.53. The molecule has 0 heterocycles. The van der Waals surface area contributed by atoms with Gasteiger partial charge >= 0.3 is 0 Å². The summed E-state index contributed by atoms with van der Waals surface area (Å²) in [5.74, 6) is 1.18. The molecular formula is C15H22O4. The minimum absolute atomic E-state index is 0.349. The molecule has 4 nitrogen and oxygen atoms in total. The molecule has 0 aliphatic carbocycles. The van der Waals surface area contributed by atoms with Crippen LogP contribution in [0.1, 0.15) is 44.0 Å². The van der Waals surface area contributed by atoms with E-state index in [0.29, 0.717) is 36.7 Å². The van der Waals surface area contributed by atoms with Crippen molar-refractivity contribution in [1.29, 1.82) is 0 Å². The van der Waals surface area contributed by atoms with E-state index in [2.05, 4.69) is 0 Å². The third-order valence-corrected chi connectivity index (χ3v) is 2.56. The van der Waals surface area contributed by atoms with Crippen LogP contribution in [0.15, 0.2) is 18.2 Å². The van der Waals surface area contributed by atoms with E-state index < -0.39 is 5.60 Å².